The van der Waals surface area contributed by atoms with Crippen LogP contribution in [-0.4, -0.2) is 15.9 Å². The van der Waals surface area contributed by atoms with E-state index in [1.54, 1.807) is 11.3 Å². The minimum absolute atomic E-state index is 0.506. The summed E-state index contributed by atoms with van der Waals surface area (Å²) in [4.78, 5) is 8.05. The third-order valence-electron chi connectivity index (χ3n) is 3.68. The van der Waals surface area contributed by atoms with Crippen molar-refractivity contribution in [2.24, 2.45) is 5.73 Å². The zero-order valence-corrected chi connectivity index (χ0v) is 11.2. The number of fused-ring (bicyclic) bond motifs is 2. The molecule has 5 heteroatoms. The molecule has 0 atom stereocenters. The lowest BCUT2D eigenvalue weighted by Gasteiger charge is -2.18. The largest absolute Gasteiger partial charge is 0.325 e. The maximum Gasteiger partial charge on any atom is 0.195 e. The number of nitrogens with two attached hydrogens (primary N) is 1. The van der Waals surface area contributed by atoms with Gasteiger partial charge in [-0.3, -0.25) is 4.40 Å². The van der Waals surface area contributed by atoms with Crippen LogP contribution in [0.25, 0.3) is 4.96 Å². The van der Waals surface area contributed by atoms with E-state index in [4.69, 9.17) is 10.7 Å². The van der Waals surface area contributed by atoms with E-state index in [9.17, 15) is 0 Å². The molecule has 3 heterocycles. The monoisotopic (exact) mass is 270 g/mol. The number of hydrogen-bond acceptors (Lipinski definition) is 4. The number of imidazole rings is 1. The van der Waals surface area contributed by atoms with Gasteiger partial charge in [0.25, 0.3) is 0 Å². The van der Waals surface area contributed by atoms with Crippen LogP contribution in [0.1, 0.15) is 11.3 Å². The summed E-state index contributed by atoms with van der Waals surface area (Å²) in [6.07, 6.45) is 3.12. The van der Waals surface area contributed by atoms with E-state index in [1.807, 2.05) is 11.6 Å². The Morgan fingerprint density at radius 2 is 2.21 bits per heavy atom. The molecule has 19 heavy (non-hydrogen) atoms. The van der Waals surface area contributed by atoms with Crippen molar-refractivity contribution in [3.8, 4) is 0 Å². The second kappa shape index (κ2) is 4.08. The normalized spacial score (nSPS) is 14.3. The van der Waals surface area contributed by atoms with Crippen LogP contribution in [0.4, 0.5) is 11.5 Å². The van der Waals surface area contributed by atoms with Gasteiger partial charge in [0.05, 0.1) is 5.69 Å². The van der Waals surface area contributed by atoms with Gasteiger partial charge >= 0.3 is 0 Å². The molecule has 0 aliphatic carbocycles. The van der Waals surface area contributed by atoms with Gasteiger partial charge in [-0.1, -0.05) is 18.2 Å². The van der Waals surface area contributed by atoms with Crippen molar-refractivity contribution in [3.63, 3.8) is 0 Å². The molecule has 0 saturated heterocycles. The van der Waals surface area contributed by atoms with Crippen LogP contribution < -0.4 is 10.6 Å². The Balaban J connectivity index is 1.89. The van der Waals surface area contributed by atoms with Gasteiger partial charge in [-0.05, 0) is 18.1 Å². The lowest BCUT2D eigenvalue weighted by atomic mass is 10.2. The molecule has 0 saturated carbocycles. The Morgan fingerprint density at radius 3 is 3.11 bits per heavy atom. The van der Waals surface area contributed by atoms with Gasteiger partial charge in [0, 0.05) is 30.4 Å². The van der Waals surface area contributed by atoms with E-state index in [-0.39, 0.29) is 0 Å². The SMILES string of the molecule is NCc1c(N2CCc3ccccc32)nc2sccn12. The van der Waals surface area contributed by atoms with Crippen molar-refractivity contribution in [1.29, 1.82) is 0 Å². The third kappa shape index (κ3) is 1.52. The molecule has 0 unspecified atom stereocenters. The number of aromatic nitrogens is 2. The highest BCUT2D eigenvalue weighted by molar-refractivity contribution is 7.15. The van der Waals surface area contributed by atoms with Crippen molar-refractivity contribution < 1.29 is 0 Å². The molecule has 2 aromatic heterocycles. The maximum absolute atomic E-state index is 5.93. The first-order valence-electron chi connectivity index (χ1n) is 6.38. The lowest BCUT2D eigenvalue weighted by molar-refractivity contribution is 0.926. The van der Waals surface area contributed by atoms with E-state index in [1.165, 1.54) is 11.3 Å². The maximum atomic E-state index is 5.93. The number of hydrogen-bond donors (Lipinski definition) is 1. The molecule has 2 N–H and O–H groups in total. The van der Waals surface area contributed by atoms with Crippen LogP contribution in [0.3, 0.4) is 0 Å². The van der Waals surface area contributed by atoms with Crippen molar-refractivity contribution in [2.45, 2.75) is 13.0 Å². The number of nitrogens with zero attached hydrogens (tertiary/aromatic N) is 3. The van der Waals surface area contributed by atoms with Gasteiger partial charge < -0.3 is 10.6 Å². The minimum Gasteiger partial charge on any atom is -0.325 e. The van der Waals surface area contributed by atoms with Crippen LogP contribution >= 0.6 is 11.3 Å². The first-order chi connectivity index (χ1) is 9.38. The fourth-order valence-electron chi connectivity index (χ4n) is 2.79. The van der Waals surface area contributed by atoms with Gasteiger partial charge in [-0.25, -0.2) is 4.98 Å². The Labute approximate surface area is 115 Å². The second-order valence-electron chi connectivity index (χ2n) is 4.67. The second-order valence-corrected chi connectivity index (χ2v) is 5.55. The number of para-hydroxylation sites is 1. The molecular weight excluding hydrogens is 256 g/mol. The standard InChI is InChI=1S/C14H14N4S/c15-9-12-13(16-14-18(12)7-8-19-14)17-6-5-10-3-1-2-4-11(10)17/h1-4,7-8H,5-6,9,15H2. The molecule has 1 aliphatic rings. The van der Waals surface area contributed by atoms with Crippen LogP contribution in [-0.2, 0) is 13.0 Å². The molecule has 0 radical (unpaired) electrons. The quantitative estimate of drug-likeness (QED) is 0.778. The van der Waals surface area contributed by atoms with E-state index in [0.29, 0.717) is 6.54 Å². The van der Waals surface area contributed by atoms with Gasteiger partial charge in [0.2, 0.25) is 0 Å². The zero-order chi connectivity index (χ0) is 12.8. The summed E-state index contributed by atoms with van der Waals surface area (Å²) in [5.41, 5.74) is 9.67. The van der Waals surface area contributed by atoms with Crippen molar-refractivity contribution >= 4 is 27.8 Å². The van der Waals surface area contributed by atoms with E-state index >= 15 is 0 Å². The molecule has 1 aliphatic heterocycles. The van der Waals surface area contributed by atoms with Gasteiger partial charge in [-0.15, -0.1) is 11.3 Å². The summed E-state index contributed by atoms with van der Waals surface area (Å²) < 4.78 is 2.10. The van der Waals surface area contributed by atoms with Crippen molar-refractivity contribution in [3.05, 3.63) is 47.1 Å². The molecule has 3 aromatic rings. The summed E-state index contributed by atoms with van der Waals surface area (Å²) in [6, 6.07) is 8.53. The van der Waals surface area contributed by atoms with Crippen LogP contribution in [0.2, 0.25) is 0 Å². The number of thiazole rings is 1. The minimum atomic E-state index is 0.506. The van der Waals surface area contributed by atoms with E-state index in [0.717, 1.165) is 29.4 Å². The lowest BCUT2D eigenvalue weighted by Crippen LogP contribution is -2.17. The topological polar surface area (TPSA) is 46.6 Å². The van der Waals surface area contributed by atoms with Gasteiger partial charge in [-0.2, -0.15) is 0 Å². The first kappa shape index (κ1) is 11.0. The zero-order valence-electron chi connectivity index (χ0n) is 10.4. The predicted molar refractivity (Wildman–Crippen MR) is 78.1 cm³/mol. The summed E-state index contributed by atoms with van der Waals surface area (Å²) in [6.45, 7) is 1.49. The summed E-state index contributed by atoms with van der Waals surface area (Å²) in [5.74, 6) is 1.01. The van der Waals surface area contributed by atoms with Gasteiger partial charge in [0.1, 0.15) is 0 Å². The molecule has 1 aromatic carbocycles. The first-order valence-corrected chi connectivity index (χ1v) is 7.26. The van der Waals surface area contributed by atoms with Crippen LogP contribution in [0, 0.1) is 0 Å². The average molecular weight is 270 g/mol. The predicted octanol–water partition coefficient (Wildman–Crippen LogP) is 2.55. The summed E-state index contributed by atoms with van der Waals surface area (Å²) in [5, 5.41) is 2.04. The fraction of sp³-hybridized carbons (Fsp3) is 0.214. The molecule has 4 rings (SSSR count). The average Bonchev–Trinajstić information content (AvgIpc) is 3.11. The highest BCUT2D eigenvalue weighted by Gasteiger charge is 2.25. The summed E-state index contributed by atoms with van der Waals surface area (Å²) >= 11 is 1.65. The Hall–Kier alpha value is -1.85. The van der Waals surface area contributed by atoms with Crippen molar-refractivity contribution in [1.82, 2.24) is 9.38 Å². The molecule has 0 amide bonds. The molecule has 0 fully saturated rings. The van der Waals surface area contributed by atoms with Crippen LogP contribution in [0.15, 0.2) is 35.8 Å². The number of anilines is 2. The Kier molecular flexibility index (Phi) is 2.36. The van der Waals surface area contributed by atoms with Gasteiger partial charge in [0.15, 0.2) is 10.8 Å². The number of benzene rings is 1. The smallest absolute Gasteiger partial charge is 0.195 e. The fourth-order valence-corrected chi connectivity index (χ4v) is 3.51. The molecular formula is C14H14N4S. The molecule has 0 bridgehead atoms. The number of rotatable bonds is 2. The third-order valence-corrected chi connectivity index (χ3v) is 4.43. The highest BCUT2D eigenvalue weighted by Crippen LogP contribution is 2.36. The molecule has 96 valence electrons. The molecule has 4 nitrogen and oxygen atoms in total. The van der Waals surface area contributed by atoms with Crippen LogP contribution in [0.5, 0.6) is 0 Å². The molecule has 0 spiro atoms. The Morgan fingerprint density at radius 1 is 1.32 bits per heavy atom. The van der Waals surface area contributed by atoms with E-state index < -0.39 is 0 Å². The van der Waals surface area contributed by atoms with E-state index in [2.05, 4.69) is 33.6 Å². The van der Waals surface area contributed by atoms with Crippen molar-refractivity contribution in [2.75, 3.05) is 11.4 Å². The highest BCUT2D eigenvalue weighted by atomic mass is 32.1. The Bertz CT molecular complexity index is 743. The summed E-state index contributed by atoms with van der Waals surface area (Å²) in [7, 11) is 0.